The second-order valence-electron chi connectivity index (χ2n) is 5.02. The first-order chi connectivity index (χ1) is 12.7. The van der Waals surface area contributed by atoms with Crippen LogP contribution in [0.1, 0.15) is 0 Å². The van der Waals surface area contributed by atoms with Crippen molar-refractivity contribution in [2.75, 3.05) is 22.6 Å². The second-order valence-corrected chi connectivity index (χ2v) is 8.06. The van der Waals surface area contributed by atoms with E-state index in [0.717, 1.165) is 10.6 Å². The highest BCUT2D eigenvalue weighted by atomic mass is 32.2. The number of halogens is 1. The van der Waals surface area contributed by atoms with E-state index < -0.39 is 0 Å². The lowest BCUT2D eigenvalue weighted by Gasteiger charge is -2.08. The van der Waals surface area contributed by atoms with E-state index in [4.69, 9.17) is 0 Å². The van der Waals surface area contributed by atoms with E-state index in [1.54, 1.807) is 30.0 Å². The zero-order valence-corrected chi connectivity index (χ0v) is 16.2. The Hall–Kier alpha value is -2.10. The number of aromatic nitrogens is 2. The number of carbonyl (C=O) groups is 1. The Morgan fingerprint density at radius 1 is 1.12 bits per heavy atom. The molecule has 0 bridgehead atoms. The highest BCUT2D eigenvalue weighted by molar-refractivity contribution is 8.01. The van der Waals surface area contributed by atoms with E-state index in [1.807, 2.05) is 30.5 Å². The minimum atomic E-state index is -0.358. The predicted molar refractivity (Wildman–Crippen MR) is 107 cm³/mol. The molecular weight excluding hydrogens is 391 g/mol. The van der Waals surface area contributed by atoms with Crippen LogP contribution < -0.4 is 10.6 Å². The summed E-state index contributed by atoms with van der Waals surface area (Å²) in [5.41, 5.74) is 1.14. The number of nitrogens with one attached hydrogen (secondary N) is 2. The van der Waals surface area contributed by atoms with Crippen molar-refractivity contribution in [1.82, 2.24) is 10.2 Å². The minimum absolute atomic E-state index is 0.115. The predicted octanol–water partition coefficient (Wildman–Crippen LogP) is 4.87. The Morgan fingerprint density at radius 2 is 1.85 bits per heavy atom. The van der Waals surface area contributed by atoms with Crippen molar-refractivity contribution >= 4 is 57.3 Å². The third-order valence-electron chi connectivity index (χ3n) is 3.23. The molecule has 9 heteroatoms. The second kappa shape index (κ2) is 9.02. The molecule has 26 heavy (non-hydrogen) atoms. The first-order valence-electron chi connectivity index (χ1n) is 7.56. The Labute approximate surface area is 162 Å². The highest BCUT2D eigenvalue weighted by Crippen LogP contribution is 2.29. The Kier molecular flexibility index (Phi) is 6.48. The third-order valence-corrected chi connectivity index (χ3v) is 6.00. The number of para-hydroxylation sites is 2. The van der Waals surface area contributed by atoms with E-state index >= 15 is 0 Å². The molecule has 0 atom stereocenters. The maximum Gasteiger partial charge on any atom is 0.234 e. The number of hydrogen-bond acceptors (Lipinski definition) is 7. The number of hydrogen-bond donors (Lipinski definition) is 2. The van der Waals surface area contributed by atoms with Gasteiger partial charge < -0.3 is 10.6 Å². The Bertz CT molecular complexity index is 903. The smallest absolute Gasteiger partial charge is 0.234 e. The van der Waals surface area contributed by atoms with Gasteiger partial charge in [-0.15, -0.1) is 22.0 Å². The van der Waals surface area contributed by atoms with Crippen LogP contribution >= 0.6 is 34.9 Å². The topological polar surface area (TPSA) is 66.9 Å². The zero-order chi connectivity index (χ0) is 18.4. The van der Waals surface area contributed by atoms with Gasteiger partial charge in [0.15, 0.2) is 4.34 Å². The number of carbonyl (C=O) groups excluding carboxylic acids is 1. The minimum Gasteiger partial charge on any atom is -0.328 e. The summed E-state index contributed by atoms with van der Waals surface area (Å²) >= 11 is 4.14. The van der Waals surface area contributed by atoms with Gasteiger partial charge in [-0.3, -0.25) is 4.79 Å². The molecule has 1 heterocycles. The van der Waals surface area contributed by atoms with Crippen LogP contribution in [0.5, 0.6) is 0 Å². The molecule has 5 nitrogen and oxygen atoms in total. The van der Waals surface area contributed by atoms with Crippen molar-refractivity contribution in [3.63, 3.8) is 0 Å². The van der Waals surface area contributed by atoms with Gasteiger partial charge >= 0.3 is 0 Å². The summed E-state index contributed by atoms with van der Waals surface area (Å²) in [6.07, 6.45) is 1.96. The van der Waals surface area contributed by atoms with Crippen molar-refractivity contribution in [2.24, 2.45) is 0 Å². The molecule has 0 fully saturated rings. The van der Waals surface area contributed by atoms with Gasteiger partial charge in [0.05, 0.1) is 17.1 Å². The Morgan fingerprint density at radius 3 is 2.62 bits per heavy atom. The molecule has 0 saturated heterocycles. The molecule has 1 aromatic heterocycles. The molecule has 2 aromatic carbocycles. The molecule has 0 unspecified atom stereocenters. The SMILES string of the molecule is CSc1ccccc1NC(=O)CSc1nnc(Nc2ccccc2F)s1. The van der Waals surface area contributed by atoms with Crippen LogP contribution in [0.15, 0.2) is 57.8 Å². The molecule has 0 aliphatic heterocycles. The lowest BCUT2D eigenvalue weighted by Crippen LogP contribution is -2.14. The molecule has 2 N–H and O–H groups in total. The first-order valence-corrected chi connectivity index (χ1v) is 10.6. The van der Waals surface area contributed by atoms with Crippen molar-refractivity contribution in [3.05, 3.63) is 54.3 Å². The summed E-state index contributed by atoms with van der Waals surface area (Å²) in [6.45, 7) is 0. The van der Waals surface area contributed by atoms with Crippen molar-refractivity contribution < 1.29 is 9.18 Å². The van der Waals surface area contributed by atoms with Crippen LogP contribution in [0, 0.1) is 5.82 Å². The van der Waals surface area contributed by atoms with Crippen LogP contribution in [0.4, 0.5) is 20.9 Å². The monoisotopic (exact) mass is 406 g/mol. The highest BCUT2D eigenvalue weighted by Gasteiger charge is 2.11. The fourth-order valence-electron chi connectivity index (χ4n) is 2.06. The summed E-state index contributed by atoms with van der Waals surface area (Å²) in [6, 6.07) is 14.0. The summed E-state index contributed by atoms with van der Waals surface area (Å²) in [7, 11) is 0. The summed E-state index contributed by atoms with van der Waals surface area (Å²) in [4.78, 5) is 13.2. The van der Waals surface area contributed by atoms with Gasteiger partial charge in [-0.1, -0.05) is 47.4 Å². The fraction of sp³-hybridized carbons (Fsp3) is 0.118. The first kappa shape index (κ1) is 18.7. The Balaban J connectivity index is 1.54. The summed E-state index contributed by atoms with van der Waals surface area (Å²) < 4.78 is 14.3. The number of rotatable bonds is 7. The average molecular weight is 407 g/mol. The maximum absolute atomic E-state index is 13.6. The largest absolute Gasteiger partial charge is 0.328 e. The molecule has 3 aromatic rings. The van der Waals surface area contributed by atoms with E-state index in [9.17, 15) is 9.18 Å². The van der Waals surface area contributed by atoms with Crippen LogP contribution in [0.25, 0.3) is 0 Å². The lowest BCUT2D eigenvalue weighted by atomic mass is 10.3. The van der Waals surface area contributed by atoms with E-state index in [0.29, 0.717) is 15.2 Å². The van der Waals surface area contributed by atoms with Gasteiger partial charge in [-0.2, -0.15) is 0 Å². The summed E-state index contributed by atoms with van der Waals surface area (Å²) in [5.74, 6) is -0.254. The number of anilines is 3. The van der Waals surface area contributed by atoms with Crippen molar-refractivity contribution in [1.29, 1.82) is 0 Å². The number of benzene rings is 2. The number of nitrogens with zero attached hydrogens (tertiary/aromatic N) is 2. The van der Waals surface area contributed by atoms with Gasteiger partial charge in [0, 0.05) is 4.90 Å². The normalized spacial score (nSPS) is 10.5. The average Bonchev–Trinajstić information content (AvgIpc) is 3.10. The molecule has 1 amide bonds. The van der Waals surface area contributed by atoms with Crippen LogP contribution in [-0.4, -0.2) is 28.1 Å². The van der Waals surface area contributed by atoms with E-state index in [-0.39, 0.29) is 17.5 Å². The van der Waals surface area contributed by atoms with E-state index in [2.05, 4.69) is 20.8 Å². The van der Waals surface area contributed by atoms with Crippen molar-refractivity contribution in [3.8, 4) is 0 Å². The number of amides is 1. The van der Waals surface area contributed by atoms with Gasteiger partial charge in [0.25, 0.3) is 0 Å². The van der Waals surface area contributed by atoms with Gasteiger partial charge in [0.2, 0.25) is 11.0 Å². The molecule has 0 aliphatic rings. The van der Waals surface area contributed by atoms with Crippen LogP contribution in [0.2, 0.25) is 0 Å². The van der Waals surface area contributed by atoms with Crippen LogP contribution in [-0.2, 0) is 4.79 Å². The molecule has 3 rings (SSSR count). The summed E-state index contributed by atoms with van der Waals surface area (Å²) in [5, 5.41) is 14.3. The van der Waals surface area contributed by atoms with Gasteiger partial charge in [-0.05, 0) is 30.5 Å². The molecule has 0 radical (unpaired) electrons. The standard InChI is InChI=1S/C17H15FN4OS3/c1-24-14-9-5-4-8-13(14)19-15(23)10-25-17-22-21-16(26-17)20-12-7-3-2-6-11(12)18/h2-9H,10H2,1H3,(H,19,23)(H,20,21). The van der Waals surface area contributed by atoms with E-state index in [1.165, 1.54) is 29.2 Å². The van der Waals surface area contributed by atoms with Crippen LogP contribution in [0.3, 0.4) is 0 Å². The van der Waals surface area contributed by atoms with Crippen molar-refractivity contribution in [2.45, 2.75) is 9.24 Å². The molecule has 0 aliphatic carbocycles. The molecule has 0 spiro atoms. The fourth-order valence-corrected chi connectivity index (χ4v) is 4.18. The zero-order valence-electron chi connectivity index (χ0n) is 13.7. The molecule has 134 valence electrons. The third kappa shape index (κ3) is 4.96. The molecule has 0 saturated carbocycles. The van der Waals surface area contributed by atoms with Gasteiger partial charge in [0.1, 0.15) is 5.82 Å². The maximum atomic E-state index is 13.6. The number of thioether (sulfide) groups is 2. The van der Waals surface area contributed by atoms with Gasteiger partial charge in [-0.25, -0.2) is 4.39 Å². The quantitative estimate of drug-likeness (QED) is 0.546. The molecular formula is C17H15FN4OS3. The lowest BCUT2D eigenvalue weighted by molar-refractivity contribution is -0.113.